The maximum Gasteiger partial charge on any atom is 0.265 e. The van der Waals surface area contributed by atoms with E-state index in [4.69, 9.17) is 4.74 Å². The molecule has 8 heteroatoms. The smallest absolute Gasteiger partial charge is 0.265 e. The van der Waals surface area contributed by atoms with E-state index in [1.54, 1.807) is 41.3 Å². The molecule has 152 valence electrons. The first-order valence-corrected chi connectivity index (χ1v) is 9.97. The third-order valence-electron chi connectivity index (χ3n) is 4.22. The Bertz CT molecular complexity index is 1160. The van der Waals surface area contributed by atoms with Gasteiger partial charge in [-0.25, -0.2) is 8.78 Å². The Morgan fingerprint density at radius 1 is 1.07 bits per heavy atom. The lowest BCUT2D eigenvalue weighted by atomic mass is 10.2. The van der Waals surface area contributed by atoms with E-state index in [2.05, 4.69) is 10.4 Å². The van der Waals surface area contributed by atoms with E-state index >= 15 is 0 Å². The van der Waals surface area contributed by atoms with Crippen molar-refractivity contribution in [3.63, 3.8) is 0 Å². The van der Waals surface area contributed by atoms with Crippen molar-refractivity contribution >= 4 is 22.9 Å². The summed E-state index contributed by atoms with van der Waals surface area (Å²) in [5.74, 6) is -0.321. The number of carbonyl (C=O) groups excluding carboxylic acids is 1. The number of nitrogens with zero attached hydrogens (tertiary/aromatic N) is 2. The van der Waals surface area contributed by atoms with Crippen LogP contribution in [0.3, 0.4) is 0 Å². The van der Waals surface area contributed by atoms with Crippen LogP contribution in [-0.2, 0) is 13.2 Å². The van der Waals surface area contributed by atoms with E-state index in [0.29, 0.717) is 22.9 Å². The first-order valence-electron chi connectivity index (χ1n) is 9.09. The zero-order chi connectivity index (χ0) is 20.9. The van der Waals surface area contributed by atoms with Crippen LogP contribution in [0.1, 0.15) is 20.8 Å². The quantitative estimate of drug-likeness (QED) is 0.448. The van der Waals surface area contributed by atoms with Gasteiger partial charge in [0.25, 0.3) is 5.91 Å². The van der Waals surface area contributed by atoms with E-state index in [9.17, 15) is 13.6 Å². The van der Waals surface area contributed by atoms with Gasteiger partial charge in [0.05, 0.1) is 23.3 Å². The van der Waals surface area contributed by atoms with Crippen molar-refractivity contribution in [2.45, 2.75) is 13.2 Å². The standard InChI is InChI=1S/C22H17F2N3O2S/c23-17-4-6-20(7-5-17)29-13-16-9-21(30-14-16)22(28)26-19-10-25-27(12-19)11-15-2-1-3-18(24)8-15/h1-10,12,14H,11,13H2,(H,26,28). The van der Waals surface area contributed by atoms with Crippen molar-refractivity contribution < 1.29 is 18.3 Å². The van der Waals surface area contributed by atoms with Gasteiger partial charge in [-0.05, 0) is 53.4 Å². The molecule has 1 N–H and O–H groups in total. The van der Waals surface area contributed by atoms with E-state index < -0.39 is 0 Å². The second-order valence-electron chi connectivity index (χ2n) is 6.57. The maximum atomic E-state index is 13.3. The fourth-order valence-electron chi connectivity index (χ4n) is 2.80. The van der Waals surface area contributed by atoms with Gasteiger partial charge in [0, 0.05) is 11.8 Å². The number of halogens is 2. The average Bonchev–Trinajstić information content (AvgIpc) is 3.37. The molecule has 0 bridgehead atoms. The van der Waals surface area contributed by atoms with Gasteiger partial charge in [0.1, 0.15) is 24.0 Å². The molecule has 5 nitrogen and oxygen atoms in total. The first kappa shape index (κ1) is 19.8. The molecule has 4 rings (SSSR count). The molecule has 0 aliphatic carbocycles. The van der Waals surface area contributed by atoms with Gasteiger partial charge < -0.3 is 10.1 Å². The molecule has 0 saturated heterocycles. The first-order chi connectivity index (χ1) is 14.5. The summed E-state index contributed by atoms with van der Waals surface area (Å²) >= 11 is 1.30. The highest BCUT2D eigenvalue weighted by Gasteiger charge is 2.11. The van der Waals surface area contributed by atoms with Crippen LogP contribution in [0.4, 0.5) is 14.5 Å². The van der Waals surface area contributed by atoms with Crippen LogP contribution in [0.25, 0.3) is 0 Å². The number of aromatic nitrogens is 2. The summed E-state index contributed by atoms with van der Waals surface area (Å²) in [6, 6.07) is 13.8. The summed E-state index contributed by atoms with van der Waals surface area (Å²) in [5, 5.41) is 8.84. The van der Waals surface area contributed by atoms with Crippen LogP contribution < -0.4 is 10.1 Å². The number of thiophene rings is 1. The molecule has 0 atom stereocenters. The Labute approximate surface area is 175 Å². The number of rotatable bonds is 7. The van der Waals surface area contributed by atoms with Crippen molar-refractivity contribution in [1.29, 1.82) is 0 Å². The van der Waals surface area contributed by atoms with Crippen LogP contribution in [-0.4, -0.2) is 15.7 Å². The Morgan fingerprint density at radius 2 is 1.90 bits per heavy atom. The molecule has 1 amide bonds. The molecular weight excluding hydrogens is 408 g/mol. The molecule has 0 fully saturated rings. The summed E-state index contributed by atoms with van der Waals surface area (Å²) in [6.45, 7) is 0.679. The molecule has 30 heavy (non-hydrogen) atoms. The number of amides is 1. The summed E-state index contributed by atoms with van der Waals surface area (Å²) in [4.78, 5) is 13.0. The molecule has 0 aliphatic heterocycles. The highest BCUT2D eigenvalue weighted by molar-refractivity contribution is 7.12. The number of hydrogen-bond donors (Lipinski definition) is 1. The minimum Gasteiger partial charge on any atom is -0.489 e. The van der Waals surface area contributed by atoms with Gasteiger partial charge in [-0.1, -0.05) is 12.1 Å². The fourth-order valence-corrected chi connectivity index (χ4v) is 3.59. The van der Waals surface area contributed by atoms with Gasteiger partial charge in [0.15, 0.2) is 0 Å². The SMILES string of the molecule is O=C(Nc1cnn(Cc2cccc(F)c2)c1)c1cc(COc2ccc(F)cc2)cs1. The molecule has 0 saturated carbocycles. The second-order valence-corrected chi connectivity index (χ2v) is 7.48. The van der Waals surface area contributed by atoms with Crippen molar-refractivity contribution in [2.75, 3.05) is 5.32 Å². The van der Waals surface area contributed by atoms with Crippen LogP contribution in [0.15, 0.2) is 72.4 Å². The molecule has 0 aliphatic rings. The number of ether oxygens (including phenoxy) is 1. The summed E-state index contributed by atoms with van der Waals surface area (Å²) in [6.07, 6.45) is 3.23. The van der Waals surface area contributed by atoms with Gasteiger partial charge in [-0.2, -0.15) is 5.10 Å². The summed E-state index contributed by atoms with van der Waals surface area (Å²) < 4.78 is 33.4. The van der Waals surface area contributed by atoms with Crippen molar-refractivity contribution in [3.05, 3.63) is 100 Å². The minimum atomic E-state index is -0.323. The third-order valence-corrected chi connectivity index (χ3v) is 5.20. The molecule has 4 aromatic rings. The molecule has 2 aromatic carbocycles. The monoisotopic (exact) mass is 425 g/mol. The van der Waals surface area contributed by atoms with Crippen molar-refractivity contribution in [3.8, 4) is 5.75 Å². The Morgan fingerprint density at radius 3 is 2.70 bits per heavy atom. The van der Waals surface area contributed by atoms with Crippen LogP contribution in [0.5, 0.6) is 5.75 Å². The largest absolute Gasteiger partial charge is 0.489 e. The van der Waals surface area contributed by atoms with E-state index in [1.807, 2.05) is 11.4 Å². The van der Waals surface area contributed by atoms with Gasteiger partial charge in [-0.3, -0.25) is 9.48 Å². The van der Waals surface area contributed by atoms with Crippen LogP contribution in [0.2, 0.25) is 0 Å². The zero-order valence-corrected chi connectivity index (χ0v) is 16.5. The van der Waals surface area contributed by atoms with E-state index in [0.717, 1.165) is 11.1 Å². The predicted molar refractivity (Wildman–Crippen MR) is 111 cm³/mol. The Balaban J connectivity index is 1.33. The average molecular weight is 425 g/mol. The Kier molecular flexibility index (Phi) is 5.85. The number of hydrogen-bond acceptors (Lipinski definition) is 4. The molecule has 0 radical (unpaired) electrons. The van der Waals surface area contributed by atoms with Gasteiger partial charge in [0.2, 0.25) is 0 Å². The lowest BCUT2D eigenvalue weighted by Crippen LogP contribution is -2.09. The molecule has 0 unspecified atom stereocenters. The highest BCUT2D eigenvalue weighted by Crippen LogP contribution is 2.20. The second kappa shape index (κ2) is 8.87. The highest BCUT2D eigenvalue weighted by atomic mass is 32.1. The van der Waals surface area contributed by atoms with Gasteiger partial charge in [-0.15, -0.1) is 11.3 Å². The van der Waals surface area contributed by atoms with Crippen LogP contribution >= 0.6 is 11.3 Å². The molecular formula is C22H17F2N3O2S. The molecule has 2 heterocycles. The zero-order valence-electron chi connectivity index (χ0n) is 15.7. The third kappa shape index (κ3) is 5.09. The Hall–Kier alpha value is -3.52. The van der Waals surface area contributed by atoms with Crippen molar-refractivity contribution in [2.24, 2.45) is 0 Å². The van der Waals surface area contributed by atoms with Gasteiger partial charge >= 0.3 is 0 Å². The van der Waals surface area contributed by atoms with E-state index in [-0.39, 0.29) is 24.1 Å². The predicted octanol–water partition coefficient (Wildman–Crippen LogP) is 5.10. The number of benzene rings is 2. The van der Waals surface area contributed by atoms with E-state index in [1.165, 1.54) is 35.6 Å². The molecule has 0 spiro atoms. The minimum absolute atomic E-state index is 0.252. The topological polar surface area (TPSA) is 56.2 Å². The lowest BCUT2D eigenvalue weighted by Gasteiger charge is -2.04. The summed E-state index contributed by atoms with van der Waals surface area (Å²) in [7, 11) is 0. The number of anilines is 1. The van der Waals surface area contributed by atoms with Crippen LogP contribution in [0, 0.1) is 11.6 Å². The van der Waals surface area contributed by atoms with Crippen molar-refractivity contribution in [1.82, 2.24) is 9.78 Å². The fraction of sp³-hybridized carbons (Fsp3) is 0.0909. The number of carbonyl (C=O) groups is 1. The number of nitrogens with one attached hydrogen (secondary N) is 1. The lowest BCUT2D eigenvalue weighted by molar-refractivity contribution is 0.103. The maximum absolute atomic E-state index is 13.3. The molecule has 2 aromatic heterocycles. The summed E-state index contributed by atoms with van der Waals surface area (Å²) in [5.41, 5.74) is 2.17. The normalized spacial score (nSPS) is 10.7.